The van der Waals surface area contributed by atoms with E-state index in [2.05, 4.69) is 10.6 Å². The van der Waals surface area contributed by atoms with Crippen LogP contribution in [0.5, 0.6) is 0 Å². The number of hydrogen-bond donors (Lipinski definition) is 3. The van der Waals surface area contributed by atoms with Crippen LogP contribution in [0.4, 0.5) is 4.79 Å². The minimum atomic E-state index is -0.432. The normalized spacial score (nSPS) is 16.9. The van der Waals surface area contributed by atoms with Gasteiger partial charge in [-0.15, -0.1) is 0 Å². The molecule has 0 aromatic rings. The van der Waals surface area contributed by atoms with Crippen molar-refractivity contribution in [3.05, 3.63) is 0 Å². The lowest BCUT2D eigenvalue weighted by Crippen LogP contribution is -2.47. The summed E-state index contributed by atoms with van der Waals surface area (Å²) in [5.74, 6) is -0.284. The summed E-state index contributed by atoms with van der Waals surface area (Å²) >= 11 is 0. The fraction of sp³-hybridized carbons (Fsp3) is 0.846. The number of nitrogens with zero attached hydrogens (tertiary/aromatic N) is 1. The Morgan fingerprint density at radius 3 is 2.65 bits per heavy atom. The molecule has 1 saturated heterocycles. The van der Waals surface area contributed by atoms with E-state index in [0.717, 1.165) is 32.4 Å². The van der Waals surface area contributed by atoms with Crippen LogP contribution >= 0.6 is 0 Å². The van der Waals surface area contributed by atoms with Crippen molar-refractivity contribution in [2.24, 2.45) is 0 Å². The van der Waals surface area contributed by atoms with Crippen molar-refractivity contribution < 1.29 is 19.4 Å². The minimum absolute atomic E-state index is 0.0372. The average Bonchev–Trinajstić information content (AvgIpc) is 2.44. The van der Waals surface area contributed by atoms with E-state index in [1.807, 2.05) is 11.8 Å². The van der Waals surface area contributed by atoms with Crippen LogP contribution in [0, 0.1) is 0 Å². The van der Waals surface area contributed by atoms with E-state index in [4.69, 9.17) is 9.84 Å². The van der Waals surface area contributed by atoms with E-state index in [1.54, 1.807) is 0 Å². The van der Waals surface area contributed by atoms with E-state index >= 15 is 0 Å². The molecule has 0 saturated carbocycles. The van der Waals surface area contributed by atoms with Crippen LogP contribution in [0.15, 0.2) is 0 Å². The molecule has 116 valence electrons. The molecule has 0 atom stereocenters. The van der Waals surface area contributed by atoms with Gasteiger partial charge in [0.25, 0.3) is 0 Å². The molecular weight excluding hydrogens is 262 g/mol. The Morgan fingerprint density at radius 2 is 2.05 bits per heavy atom. The maximum absolute atomic E-state index is 11.7. The molecule has 20 heavy (non-hydrogen) atoms. The number of aliphatic hydroxyl groups excluding tert-OH is 1. The van der Waals surface area contributed by atoms with E-state index in [1.165, 1.54) is 0 Å². The van der Waals surface area contributed by atoms with E-state index < -0.39 is 6.03 Å². The molecule has 0 bridgehead atoms. The van der Waals surface area contributed by atoms with Crippen molar-refractivity contribution >= 4 is 11.9 Å². The number of carbonyl (C=O) groups is 2. The predicted octanol–water partition coefficient (Wildman–Crippen LogP) is -0.304. The van der Waals surface area contributed by atoms with Crippen molar-refractivity contribution in [2.75, 3.05) is 39.4 Å². The van der Waals surface area contributed by atoms with Crippen LogP contribution in [-0.4, -0.2) is 67.4 Å². The molecule has 0 aromatic heterocycles. The number of nitrogens with one attached hydrogen (secondary N) is 2. The molecule has 1 fully saturated rings. The maximum atomic E-state index is 11.7. The predicted molar refractivity (Wildman–Crippen MR) is 74.3 cm³/mol. The largest absolute Gasteiger partial charge is 0.394 e. The van der Waals surface area contributed by atoms with Crippen LogP contribution in [-0.2, 0) is 9.53 Å². The maximum Gasteiger partial charge on any atom is 0.321 e. The molecular formula is C13H25N3O4. The molecule has 0 spiro atoms. The molecule has 7 heteroatoms. The molecule has 7 nitrogen and oxygen atoms in total. The van der Waals surface area contributed by atoms with Crippen molar-refractivity contribution in [1.82, 2.24) is 15.5 Å². The highest BCUT2D eigenvalue weighted by Crippen LogP contribution is 2.12. The molecule has 0 radical (unpaired) electrons. The zero-order valence-electron chi connectivity index (χ0n) is 12.1. The van der Waals surface area contributed by atoms with Crippen molar-refractivity contribution in [3.8, 4) is 0 Å². The number of likely N-dealkylation sites (tertiary alicyclic amines) is 1. The van der Waals surface area contributed by atoms with E-state index in [0.29, 0.717) is 13.2 Å². The van der Waals surface area contributed by atoms with Crippen LogP contribution in [0.3, 0.4) is 0 Å². The third kappa shape index (κ3) is 6.83. The van der Waals surface area contributed by atoms with Gasteiger partial charge in [-0.2, -0.15) is 0 Å². The Bertz CT molecular complexity index is 304. The van der Waals surface area contributed by atoms with Gasteiger partial charge in [-0.1, -0.05) is 6.92 Å². The van der Waals surface area contributed by atoms with Gasteiger partial charge in [0.05, 0.1) is 25.9 Å². The number of rotatable bonds is 7. The number of aliphatic hydroxyl groups is 1. The lowest BCUT2D eigenvalue weighted by Gasteiger charge is -2.31. The molecule has 1 rings (SSSR count). The number of imide groups is 1. The van der Waals surface area contributed by atoms with Crippen molar-refractivity contribution in [3.63, 3.8) is 0 Å². The monoisotopic (exact) mass is 287 g/mol. The molecule has 1 heterocycles. The van der Waals surface area contributed by atoms with Crippen LogP contribution in [0.25, 0.3) is 0 Å². The number of urea groups is 1. The van der Waals surface area contributed by atoms with E-state index in [9.17, 15) is 9.59 Å². The van der Waals surface area contributed by atoms with Crippen LogP contribution in [0.2, 0.25) is 0 Å². The Balaban J connectivity index is 2.16. The first kappa shape index (κ1) is 16.9. The smallest absolute Gasteiger partial charge is 0.321 e. The second-order valence-electron chi connectivity index (χ2n) is 4.87. The summed E-state index contributed by atoms with van der Waals surface area (Å²) in [5, 5.41) is 13.6. The highest BCUT2D eigenvalue weighted by atomic mass is 16.5. The molecule has 1 aliphatic rings. The van der Waals surface area contributed by atoms with Crippen molar-refractivity contribution in [1.29, 1.82) is 0 Å². The van der Waals surface area contributed by atoms with Gasteiger partial charge < -0.3 is 15.2 Å². The lowest BCUT2D eigenvalue weighted by molar-refractivity contribution is -0.121. The summed E-state index contributed by atoms with van der Waals surface area (Å²) in [6.45, 7) is 4.67. The third-order valence-electron chi connectivity index (χ3n) is 3.14. The quantitative estimate of drug-likeness (QED) is 0.598. The second-order valence-corrected chi connectivity index (χ2v) is 4.87. The molecule has 3 N–H and O–H groups in total. The standard InChI is InChI=1S/C13H25N3O4/c1-2-5-14-13(19)15-12(18)10-16-6-3-11(4-7-16)20-9-8-17/h11,17H,2-10H2,1H3,(H2,14,15,18,19). The summed E-state index contributed by atoms with van der Waals surface area (Å²) in [4.78, 5) is 25.0. The highest BCUT2D eigenvalue weighted by Gasteiger charge is 2.21. The van der Waals surface area contributed by atoms with Gasteiger partial charge in [0, 0.05) is 19.6 Å². The Labute approximate surface area is 119 Å². The number of hydrogen-bond acceptors (Lipinski definition) is 5. The Hall–Kier alpha value is -1.18. The Morgan fingerprint density at radius 1 is 1.35 bits per heavy atom. The molecule has 0 aromatic carbocycles. The van der Waals surface area contributed by atoms with Gasteiger partial charge >= 0.3 is 6.03 Å². The zero-order chi connectivity index (χ0) is 14.8. The zero-order valence-corrected chi connectivity index (χ0v) is 12.1. The first-order chi connectivity index (χ1) is 9.65. The summed E-state index contributed by atoms with van der Waals surface area (Å²) in [7, 11) is 0. The van der Waals surface area contributed by atoms with Gasteiger partial charge in [-0.05, 0) is 19.3 Å². The number of ether oxygens (including phenoxy) is 1. The van der Waals surface area contributed by atoms with Gasteiger partial charge in [0.1, 0.15) is 0 Å². The number of piperidine rings is 1. The lowest BCUT2D eigenvalue weighted by atomic mass is 10.1. The summed E-state index contributed by atoms with van der Waals surface area (Å²) < 4.78 is 5.45. The first-order valence-corrected chi connectivity index (χ1v) is 7.18. The van der Waals surface area contributed by atoms with Crippen LogP contribution < -0.4 is 10.6 Å². The third-order valence-corrected chi connectivity index (χ3v) is 3.14. The van der Waals surface area contributed by atoms with Gasteiger partial charge in [-0.25, -0.2) is 4.79 Å². The van der Waals surface area contributed by atoms with Gasteiger partial charge in [-0.3, -0.25) is 15.0 Å². The van der Waals surface area contributed by atoms with Crippen molar-refractivity contribution in [2.45, 2.75) is 32.3 Å². The van der Waals surface area contributed by atoms with E-state index in [-0.39, 0.29) is 25.2 Å². The first-order valence-electron chi connectivity index (χ1n) is 7.18. The summed E-state index contributed by atoms with van der Waals surface area (Å²) in [5.41, 5.74) is 0. The van der Waals surface area contributed by atoms with Gasteiger partial charge in [0.2, 0.25) is 5.91 Å². The minimum Gasteiger partial charge on any atom is -0.394 e. The fourth-order valence-corrected chi connectivity index (χ4v) is 2.11. The summed E-state index contributed by atoms with van der Waals surface area (Å²) in [6.07, 6.45) is 2.68. The average molecular weight is 287 g/mol. The SMILES string of the molecule is CCCNC(=O)NC(=O)CN1CCC(OCCO)CC1. The fourth-order valence-electron chi connectivity index (χ4n) is 2.11. The van der Waals surface area contributed by atoms with Crippen LogP contribution in [0.1, 0.15) is 26.2 Å². The second kappa shape index (κ2) is 9.68. The number of amides is 3. The highest BCUT2D eigenvalue weighted by molar-refractivity contribution is 5.95. The molecule has 3 amide bonds. The molecule has 1 aliphatic heterocycles. The summed E-state index contributed by atoms with van der Waals surface area (Å²) in [6, 6.07) is -0.432. The van der Waals surface area contributed by atoms with Gasteiger partial charge in [0.15, 0.2) is 0 Å². The number of carbonyl (C=O) groups excluding carboxylic acids is 2. The topological polar surface area (TPSA) is 90.9 Å². The Kier molecular flexibility index (Phi) is 8.17. The molecule has 0 unspecified atom stereocenters. The molecule has 0 aliphatic carbocycles.